The zero-order valence-electron chi connectivity index (χ0n) is 14.5. The minimum absolute atomic E-state index is 0.108. The van der Waals surface area contributed by atoms with E-state index in [1.165, 1.54) is 5.56 Å². The zero-order valence-corrected chi connectivity index (χ0v) is 14.5. The minimum atomic E-state index is 0.108. The molecular formula is C19H30N2O. The van der Waals surface area contributed by atoms with Crippen LogP contribution in [0.3, 0.4) is 0 Å². The quantitative estimate of drug-likeness (QED) is 0.910. The molecule has 1 saturated heterocycles. The number of rotatable bonds is 4. The Morgan fingerprint density at radius 2 is 1.86 bits per heavy atom. The van der Waals surface area contributed by atoms with E-state index >= 15 is 0 Å². The molecule has 0 atom stereocenters. The second-order valence-corrected chi connectivity index (χ2v) is 7.54. The van der Waals surface area contributed by atoms with E-state index in [2.05, 4.69) is 51.2 Å². The molecule has 122 valence electrons. The number of amides is 1. The van der Waals surface area contributed by atoms with Crippen LogP contribution in [-0.2, 0) is 10.2 Å². The number of likely N-dealkylation sites (tertiary alicyclic amines) is 1. The Hall–Kier alpha value is -1.51. The van der Waals surface area contributed by atoms with Gasteiger partial charge in [0.1, 0.15) is 0 Å². The van der Waals surface area contributed by atoms with Gasteiger partial charge in [-0.3, -0.25) is 4.79 Å². The molecule has 1 heterocycles. The highest BCUT2D eigenvalue weighted by Gasteiger charge is 2.20. The lowest BCUT2D eigenvalue weighted by atomic mass is 9.86. The van der Waals surface area contributed by atoms with Gasteiger partial charge in [0.15, 0.2) is 0 Å². The Labute approximate surface area is 135 Å². The van der Waals surface area contributed by atoms with Gasteiger partial charge in [-0.2, -0.15) is 0 Å². The molecule has 0 aromatic heterocycles. The largest absolute Gasteiger partial charge is 0.384 e. The lowest BCUT2D eigenvalue weighted by Crippen LogP contribution is -2.38. The van der Waals surface area contributed by atoms with Crippen LogP contribution in [0.25, 0.3) is 0 Å². The van der Waals surface area contributed by atoms with Crippen LogP contribution < -0.4 is 5.32 Å². The van der Waals surface area contributed by atoms with Crippen LogP contribution in [0, 0.1) is 5.92 Å². The SMILES string of the molecule is CC1CCN(C(=O)CCNc2ccccc2C(C)(C)C)CC1. The molecule has 1 aromatic rings. The zero-order chi connectivity index (χ0) is 16.2. The van der Waals surface area contributed by atoms with Gasteiger partial charge < -0.3 is 10.2 Å². The second-order valence-electron chi connectivity index (χ2n) is 7.54. The molecular weight excluding hydrogens is 272 g/mol. The Morgan fingerprint density at radius 1 is 1.23 bits per heavy atom. The van der Waals surface area contributed by atoms with Gasteiger partial charge in [0.05, 0.1) is 0 Å². The van der Waals surface area contributed by atoms with E-state index in [-0.39, 0.29) is 11.3 Å². The van der Waals surface area contributed by atoms with Gasteiger partial charge >= 0.3 is 0 Å². The number of carbonyl (C=O) groups excluding carboxylic acids is 1. The fourth-order valence-electron chi connectivity index (χ4n) is 3.01. The van der Waals surface area contributed by atoms with Crippen LogP contribution >= 0.6 is 0 Å². The Balaban J connectivity index is 1.85. The van der Waals surface area contributed by atoms with Gasteiger partial charge in [0.25, 0.3) is 0 Å². The van der Waals surface area contributed by atoms with Gasteiger partial charge in [0, 0.05) is 31.7 Å². The van der Waals surface area contributed by atoms with Crippen LogP contribution in [0.1, 0.15) is 52.5 Å². The van der Waals surface area contributed by atoms with Crippen molar-refractivity contribution >= 4 is 11.6 Å². The summed E-state index contributed by atoms with van der Waals surface area (Å²) in [5.74, 6) is 1.05. The predicted octanol–water partition coefficient (Wildman–Crippen LogP) is 4.04. The van der Waals surface area contributed by atoms with Crippen LogP contribution in [-0.4, -0.2) is 30.4 Å². The molecule has 0 bridgehead atoms. The van der Waals surface area contributed by atoms with E-state index in [1.807, 2.05) is 11.0 Å². The Bertz CT molecular complexity index is 496. The van der Waals surface area contributed by atoms with E-state index in [4.69, 9.17) is 0 Å². The maximum atomic E-state index is 12.3. The highest BCUT2D eigenvalue weighted by Crippen LogP contribution is 2.29. The predicted molar refractivity (Wildman–Crippen MR) is 93.2 cm³/mol. The number of hydrogen-bond acceptors (Lipinski definition) is 2. The standard InChI is InChI=1S/C19H30N2O/c1-15-10-13-21(14-11-15)18(22)9-12-20-17-8-6-5-7-16(17)19(2,3)4/h5-8,15,20H,9-14H2,1-4H3. The molecule has 0 spiro atoms. The highest BCUT2D eigenvalue weighted by molar-refractivity contribution is 5.77. The van der Waals surface area contributed by atoms with Crippen molar-refractivity contribution in [2.75, 3.05) is 25.0 Å². The molecule has 1 N–H and O–H groups in total. The maximum Gasteiger partial charge on any atom is 0.224 e. The number of nitrogens with one attached hydrogen (secondary N) is 1. The number of piperidine rings is 1. The van der Waals surface area contributed by atoms with Gasteiger partial charge in [-0.25, -0.2) is 0 Å². The molecule has 1 amide bonds. The molecule has 1 fully saturated rings. The molecule has 3 nitrogen and oxygen atoms in total. The van der Waals surface area contributed by atoms with E-state index in [0.717, 1.165) is 37.5 Å². The molecule has 0 saturated carbocycles. The first-order chi connectivity index (χ1) is 10.4. The lowest BCUT2D eigenvalue weighted by molar-refractivity contribution is -0.132. The van der Waals surface area contributed by atoms with Crippen molar-refractivity contribution < 1.29 is 4.79 Å². The van der Waals surface area contributed by atoms with E-state index in [1.54, 1.807) is 0 Å². The van der Waals surface area contributed by atoms with Gasteiger partial charge in [-0.15, -0.1) is 0 Å². The average Bonchev–Trinajstić information content (AvgIpc) is 2.47. The summed E-state index contributed by atoms with van der Waals surface area (Å²) in [6, 6.07) is 8.39. The number of anilines is 1. The highest BCUT2D eigenvalue weighted by atomic mass is 16.2. The maximum absolute atomic E-state index is 12.3. The fourth-order valence-corrected chi connectivity index (χ4v) is 3.01. The number of nitrogens with zero attached hydrogens (tertiary/aromatic N) is 1. The molecule has 3 heteroatoms. The molecule has 2 rings (SSSR count). The summed E-state index contributed by atoms with van der Waals surface area (Å²) in [5.41, 5.74) is 2.56. The minimum Gasteiger partial charge on any atom is -0.384 e. The molecule has 0 unspecified atom stereocenters. The van der Waals surface area contributed by atoms with Gasteiger partial charge in [-0.1, -0.05) is 45.9 Å². The summed E-state index contributed by atoms with van der Waals surface area (Å²) in [4.78, 5) is 14.3. The van der Waals surface area contributed by atoms with Crippen LogP contribution in [0.15, 0.2) is 24.3 Å². The van der Waals surface area contributed by atoms with Crippen LogP contribution in [0.4, 0.5) is 5.69 Å². The van der Waals surface area contributed by atoms with Crippen molar-refractivity contribution in [1.82, 2.24) is 4.90 Å². The first-order valence-electron chi connectivity index (χ1n) is 8.49. The van der Waals surface area contributed by atoms with Crippen molar-refractivity contribution in [3.05, 3.63) is 29.8 Å². The van der Waals surface area contributed by atoms with Crippen molar-refractivity contribution in [3.63, 3.8) is 0 Å². The summed E-state index contributed by atoms with van der Waals surface area (Å²) in [6.07, 6.45) is 2.87. The third-order valence-electron chi connectivity index (χ3n) is 4.53. The summed E-state index contributed by atoms with van der Waals surface area (Å²) in [7, 11) is 0. The third-order valence-corrected chi connectivity index (χ3v) is 4.53. The fraction of sp³-hybridized carbons (Fsp3) is 0.632. The summed E-state index contributed by atoms with van der Waals surface area (Å²) < 4.78 is 0. The molecule has 1 aliphatic heterocycles. The first-order valence-corrected chi connectivity index (χ1v) is 8.49. The van der Waals surface area contributed by atoms with Crippen molar-refractivity contribution in [1.29, 1.82) is 0 Å². The van der Waals surface area contributed by atoms with Crippen LogP contribution in [0.2, 0.25) is 0 Å². The summed E-state index contributed by atoms with van der Waals surface area (Å²) in [5, 5.41) is 3.45. The van der Waals surface area contributed by atoms with E-state index < -0.39 is 0 Å². The molecule has 22 heavy (non-hydrogen) atoms. The molecule has 0 aliphatic carbocycles. The van der Waals surface area contributed by atoms with Crippen molar-refractivity contribution in [2.45, 2.75) is 52.4 Å². The topological polar surface area (TPSA) is 32.3 Å². The summed E-state index contributed by atoms with van der Waals surface area (Å²) in [6.45, 7) is 11.5. The third kappa shape index (κ3) is 4.49. The number of benzene rings is 1. The molecule has 1 aromatic carbocycles. The smallest absolute Gasteiger partial charge is 0.224 e. The van der Waals surface area contributed by atoms with Crippen molar-refractivity contribution in [2.24, 2.45) is 5.92 Å². The second kappa shape index (κ2) is 7.17. The van der Waals surface area contributed by atoms with E-state index in [0.29, 0.717) is 13.0 Å². The lowest BCUT2D eigenvalue weighted by Gasteiger charge is -2.30. The number of para-hydroxylation sites is 1. The summed E-state index contributed by atoms with van der Waals surface area (Å²) >= 11 is 0. The van der Waals surface area contributed by atoms with Crippen LogP contribution in [0.5, 0.6) is 0 Å². The van der Waals surface area contributed by atoms with Gasteiger partial charge in [0.2, 0.25) is 5.91 Å². The van der Waals surface area contributed by atoms with Crippen molar-refractivity contribution in [3.8, 4) is 0 Å². The molecule has 1 aliphatic rings. The average molecular weight is 302 g/mol. The Kier molecular flexibility index (Phi) is 5.49. The van der Waals surface area contributed by atoms with Gasteiger partial charge in [-0.05, 0) is 35.8 Å². The first kappa shape index (κ1) is 16.9. The molecule has 0 radical (unpaired) electrons. The Morgan fingerprint density at radius 3 is 2.50 bits per heavy atom. The van der Waals surface area contributed by atoms with E-state index in [9.17, 15) is 4.79 Å². The normalized spacial score (nSPS) is 16.6. The number of hydrogen-bond donors (Lipinski definition) is 1. The monoisotopic (exact) mass is 302 g/mol. The number of carbonyl (C=O) groups is 1.